The smallest absolute Gasteiger partial charge is 0.0471 e. The molecule has 1 aromatic rings. The van der Waals surface area contributed by atoms with E-state index in [2.05, 4.69) is 42.3 Å². The summed E-state index contributed by atoms with van der Waals surface area (Å²) in [6, 6.07) is 6.44. The van der Waals surface area contributed by atoms with Crippen LogP contribution in [0, 0.1) is 11.8 Å². The minimum atomic E-state index is 0.772. The quantitative estimate of drug-likeness (QED) is 0.897. The molecule has 1 heterocycles. The largest absolute Gasteiger partial charge is 0.371 e. The van der Waals surface area contributed by atoms with Gasteiger partial charge in [-0.2, -0.15) is 0 Å². The standard InChI is InChI=1S/C15H23ClN2/c1-11(2)13-6-7-18(10-13)14-5-4-12(9-17-3)15(16)8-14/h4-5,8,11,13,17H,6-7,9-10H2,1-3H3. The van der Waals surface area contributed by atoms with Gasteiger partial charge < -0.3 is 10.2 Å². The number of hydrogen-bond donors (Lipinski definition) is 1. The van der Waals surface area contributed by atoms with E-state index < -0.39 is 0 Å². The molecule has 2 nitrogen and oxygen atoms in total. The highest BCUT2D eigenvalue weighted by molar-refractivity contribution is 6.31. The third-order valence-electron chi connectivity index (χ3n) is 3.94. The Labute approximate surface area is 115 Å². The molecule has 0 spiro atoms. The molecule has 0 radical (unpaired) electrons. The summed E-state index contributed by atoms with van der Waals surface area (Å²) in [5.41, 5.74) is 2.44. The van der Waals surface area contributed by atoms with E-state index in [0.29, 0.717) is 0 Å². The highest BCUT2D eigenvalue weighted by Crippen LogP contribution is 2.30. The van der Waals surface area contributed by atoms with Crippen LogP contribution in [0.2, 0.25) is 5.02 Å². The predicted octanol–water partition coefficient (Wildman–Crippen LogP) is 3.54. The number of nitrogens with zero attached hydrogens (tertiary/aromatic N) is 1. The molecule has 1 N–H and O–H groups in total. The normalized spacial score (nSPS) is 19.8. The fourth-order valence-corrected chi connectivity index (χ4v) is 2.87. The molecule has 2 rings (SSSR count). The lowest BCUT2D eigenvalue weighted by Gasteiger charge is -2.21. The topological polar surface area (TPSA) is 15.3 Å². The Kier molecular flexibility index (Phi) is 4.52. The highest BCUT2D eigenvalue weighted by Gasteiger charge is 2.25. The van der Waals surface area contributed by atoms with Crippen molar-refractivity contribution in [3.8, 4) is 0 Å². The number of anilines is 1. The Hall–Kier alpha value is -0.730. The van der Waals surface area contributed by atoms with E-state index in [4.69, 9.17) is 11.6 Å². The summed E-state index contributed by atoms with van der Waals surface area (Å²) in [5, 5.41) is 4.01. The van der Waals surface area contributed by atoms with E-state index in [-0.39, 0.29) is 0 Å². The molecule has 100 valence electrons. The van der Waals surface area contributed by atoms with Crippen LogP contribution < -0.4 is 10.2 Å². The van der Waals surface area contributed by atoms with Crippen LogP contribution in [-0.2, 0) is 6.54 Å². The van der Waals surface area contributed by atoms with Crippen molar-refractivity contribution in [3.63, 3.8) is 0 Å². The van der Waals surface area contributed by atoms with Crippen LogP contribution in [0.1, 0.15) is 25.8 Å². The lowest BCUT2D eigenvalue weighted by molar-refractivity contribution is 0.423. The maximum absolute atomic E-state index is 6.32. The molecule has 1 aromatic carbocycles. The number of halogens is 1. The molecular weight excluding hydrogens is 244 g/mol. The SMILES string of the molecule is CNCc1ccc(N2CCC(C(C)C)C2)cc1Cl. The van der Waals surface area contributed by atoms with Crippen LogP contribution in [0.15, 0.2) is 18.2 Å². The molecule has 0 bridgehead atoms. The summed E-state index contributed by atoms with van der Waals surface area (Å²) in [6.07, 6.45) is 1.30. The molecule has 0 saturated carbocycles. The summed E-state index contributed by atoms with van der Waals surface area (Å²) in [6.45, 7) is 7.78. The minimum Gasteiger partial charge on any atom is -0.371 e. The summed E-state index contributed by atoms with van der Waals surface area (Å²) in [5.74, 6) is 1.59. The second-order valence-electron chi connectivity index (χ2n) is 5.54. The van der Waals surface area contributed by atoms with Gasteiger partial charge in [-0.15, -0.1) is 0 Å². The monoisotopic (exact) mass is 266 g/mol. The fourth-order valence-electron chi connectivity index (χ4n) is 2.63. The molecule has 1 saturated heterocycles. The minimum absolute atomic E-state index is 0.772. The van der Waals surface area contributed by atoms with E-state index in [1.807, 2.05) is 7.05 Å². The average Bonchev–Trinajstić information content (AvgIpc) is 2.81. The van der Waals surface area contributed by atoms with Crippen molar-refractivity contribution >= 4 is 17.3 Å². The van der Waals surface area contributed by atoms with Gasteiger partial charge in [-0.3, -0.25) is 0 Å². The second-order valence-corrected chi connectivity index (χ2v) is 5.95. The Morgan fingerprint density at radius 2 is 2.22 bits per heavy atom. The first-order valence-electron chi connectivity index (χ1n) is 6.79. The molecule has 1 fully saturated rings. The Morgan fingerprint density at radius 1 is 1.44 bits per heavy atom. The molecular formula is C15H23ClN2. The first-order valence-corrected chi connectivity index (χ1v) is 7.17. The van der Waals surface area contributed by atoms with Crippen LogP contribution in [0.25, 0.3) is 0 Å². The van der Waals surface area contributed by atoms with Gasteiger partial charge in [0.25, 0.3) is 0 Å². The lowest BCUT2D eigenvalue weighted by Crippen LogP contribution is -2.21. The van der Waals surface area contributed by atoms with Crippen molar-refractivity contribution < 1.29 is 0 Å². The molecule has 1 aliphatic rings. The molecule has 0 aliphatic carbocycles. The Bertz CT molecular complexity index is 403. The maximum atomic E-state index is 6.32. The number of hydrogen-bond acceptors (Lipinski definition) is 2. The summed E-state index contributed by atoms with van der Waals surface area (Å²) in [7, 11) is 1.94. The van der Waals surface area contributed by atoms with Crippen molar-refractivity contribution in [2.75, 3.05) is 25.0 Å². The number of benzene rings is 1. The van der Waals surface area contributed by atoms with Crippen molar-refractivity contribution in [3.05, 3.63) is 28.8 Å². The van der Waals surface area contributed by atoms with Gasteiger partial charge in [0.1, 0.15) is 0 Å². The zero-order chi connectivity index (χ0) is 13.1. The molecule has 1 unspecified atom stereocenters. The average molecular weight is 267 g/mol. The molecule has 0 aromatic heterocycles. The van der Waals surface area contributed by atoms with Gasteiger partial charge in [0.05, 0.1) is 0 Å². The van der Waals surface area contributed by atoms with Crippen molar-refractivity contribution in [2.24, 2.45) is 11.8 Å². The highest BCUT2D eigenvalue weighted by atomic mass is 35.5. The first kappa shape index (κ1) is 13.7. The van der Waals surface area contributed by atoms with Crippen LogP contribution in [-0.4, -0.2) is 20.1 Å². The zero-order valence-corrected chi connectivity index (χ0v) is 12.3. The van der Waals surface area contributed by atoms with Gasteiger partial charge >= 0.3 is 0 Å². The van der Waals surface area contributed by atoms with Gasteiger partial charge in [-0.1, -0.05) is 31.5 Å². The third-order valence-corrected chi connectivity index (χ3v) is 4.29. The molecule has 18 heavy (non-hydrogen) atoms. The van der Waals surface area contributed by atoms with Gasteiger partial charge in [0, 0.05) is 30.3 Å². The third kappa shape index (κ3) is 2.99. The second kappa shape index (κ2) is 5.94. The van der Waals surface area contributed by atoms with E-state index in [9.17, 15) is 0 Å². The van der Waals surface area contributed by atoms with Gasteiger partial charge in [-0.05, 0) is 43.0 Å². The van der Waals surface area contributed by atoms with E-state index in [1.165, 1.54) is 24.2 Å². The summed E-state index contributed by atoms with van der Waals surface area (Å²) in [4.78, 5) is 2.46. The van der Waals surface area contributed by atoms with E-state index in [0.717, 1.165) is 29.9 Å². The van der Waals surface area contributed by atoms with Crippen LogP contribution >= 0.6 is 11.6 Å². The summed E-state index contributed by atoms with van der Waals surface area (Å²) >= 11 is 6.32. The van der Waals surface area contributed by atoms with Crippen LogP contribution in [0.5, 0.6) is 0 Å². The number of rotatable bonds is 4. The van der Waals surface area contributed by atoms with Crippen molar-refractivity contribution in [1.29, 1.82) is 0 Å². The van der Waals surface area contributed by atoms with E-state index in [1.54, 1.807) is 0 Å². The number of nitrogens with one attached hydrogen (secondary N) is 1. The van der Waals surface area contributed by atoms with Gasteiger partial charge in [0.15, 0.2) is 0 Å². The van der Waals surface area contributed by atoms with Crippen LogP contribution in [0.3, 0.4) is 0 Å². The Balaban J connectivity index is 2.08. The molecule has 1 aliphatic heterocycles. The Morgan fingerprint density at radius 3 is 2.78 bits per heavy atom. The molecule has 3 heteroatoms. The van der Waals surface area contributed by atoms with Crippen LogP contribution in [0.4, 0.5) is 5.69 Å². The van der Waals surface area contributed by atoms with Crippen molar-refractivity contribution in [2.45, 2.75) is 26.8 Å². The molecule has 0 amide bonds. The predicted molar refractivity (Wildman–Crippen MR) is 79.4 cm³/mol. The van der Waals surface area contributed by atoms with Crippen molar-refractivity contribution in [1.82, 2.24) is 5.32 Å². The fraction of sp³-hybridized carbons (Fsp3) is 0.600. The molecule has 1 atom stereocenters. The van der Waals surface area contributed by atoms with Gasteiger partial charge in [0.2, 0.25) is 0 Å². The van der Waals surface area contributed by atoms with Gasteiger partial charge in [-0.25, -0.2) is 0 Å². The summed E-state index contributed by atoms with van der Waals surface area (Å²) < 4.78 is 0. The zero-order valence-electron chi connectivity index (χ0n) is 11.5. The van der Waals surface area contributed by atoms with E-state index >= 15 is 0 Å². The first-order chi connectivity index (χ1) is 8.61. The maximum Gasteiger partial charge on any atom is 0.0471 e. The lowest BCUT2D eigenvalue weighted by atomic mass is 9.95.